The number of rotatable bonds is 3. The number of halogens is 1. The van der Waals surface area contributed by atoms with Gasteiger partial charge in [-0.3, -0.25) is 5.43 Å². The quantitative estimate of drug-likeness (QED) is 0.390. The molecule has 1 aliphatic rings. The van der Waals surface area contributed by atoms with E-state index in [2.05, 4.69) is 12.3 Å². The van der Waals surface area contributed by atoms with Crippen LogP contribution in [0.5, 0.6) is 0 Å². The fraction of sp³-hybridized carbons (Fsp3) is 0.533. The smallest absolute Gasteiger partial charge is 0.208 e. The highest BCUT2D eigenvalue weighted by Gasteiger charge is 2.20. The van der Waals surface area contributed by atoms with Crippen LogP contribution in [-0.2, 0) is 0 Å². The van der Waals surface area contributed by atoms with Gasteiger partial charge in [0.2, 0.25) is 5.96 Å². The Hall–Kier alpha value is -1.26. The molecule has 0 spiro atoms. The summed E-state index contributed by atoms with van der Waals surface area (Å²) in [7, 11) is 1.99. The lowest BCUT2D eigenvalue weighted by atomic mass is 10.1. The largest absolute Gasteiger partial charge is 0.338 e. The van der Waals surface area contributed by atoms with Crippen LogP contribution in [0, 0.1) is 0 Å². The molecule has 1 atom stereocenters. The van der Waals surface area contributed by atoms with E-state index in [1.54, 1.807) is 0 Å². The van der Waals surface area contributed by atoms with E-state index in [0.717, 1.165) is 29.4 Å². The predicted molar refractivity (Wildman–Crippen MR) is 84.6 cm³/mol. The molecule has 1 aromatic carbocycles. The summed E-state index contributed by atoms with van der Waals surface area (Å²) in [6.07, 6.45) is 4.82. The first-order valence-corrected chi connectivity index (χ1v) is 7.53. The minimum atomic E-state index is 0.111. The number of hydrogen-bond acceptors (Lipinski definition) is 2. The molecule has 0 heterocycles. The molecule has 0 amide bonds. The number of nitrogens with zero attached hydrogens (tertiary/aromatic N) is 2. The molecule has 0 aromatic heterocycles. The first-order valence-electron chi connectivity index (χ1n) is 7.15. The van der Waals surface area contributed by atoms with E-state index in [-0.39, 0.29) is 6.04 Å². The Morgan fingerprint density at radius 3 is 2.65 bits per heavy atom. The Kier molecular flexibility index (Phi) is 5.26. The minimum Gasteiger partial charge on any atom is -0.338 e. The van der Waals surface area contributed by atoms with Crippen molar-refractivity contribution in [1.29, 1.82) is 0 Å². The maximum Gasteiger partial charge on any atom is 0.208 e. The second kappa shape index (κ2) is 6.95. The molecule has 1 aromatic rings. The molecule has 1 fully saturated rings. The van der Waals surface area contributed by atoms with Crippen molar-refractivity contribution in [1.82, 2.24) is 10.3 Å². The number of guanidine groups is 1. The Labute approximate surface area is 126 Å². The summed E-state index contributed by atoms with van der Waals surface area (Å²) < 4.78 is 0. The molecule has 1 saturated carbocycles. The Morgan fingerprint density at radius 1 is 1.40 bits per heavy atom. The van der Waals surface area contributed by atoms with Gasteiger partial charge in [0.05, 0.1) is 12.1 Å². The maximum atomic E-state index is 6.26. The fourth-order valence-electron chi connectivity index (χ4n) is 2.64. The van der Waals surface area contributed by atoms with Crippen LogP contribution in [-0.4, -0.2) is 23.9 Å². The van der Waals surface area contributed by atoms with E-state index in [4.69, 9.17) is 22.4 Å². The number of hydrogen-bond donors (Lipinski definition) is 2. The zero-order chi connectivity index (χ0) is 14.5. The summed E-state index contributed by atoms with van der Waals surface area (Å²) >= 11 is 6.26. The highest BCUT2D eigenvalue weighted by molar-refractivity contribution is 6.31. The van der Waals surface area contributed by atoms with Gasteiger partial charge in [-0.05, 0) is 31.4 Å². The summed E-state index contributed by atoms with van der Waals surface area (Å²) in [6, 6.07) is 8.38. The second-order valence-corrected chi connectivity index (χ2v) is 5.75. The summed E-state index contributed by atoms with van der Waals surface area (Å²) in [5.41, 5.74) is 3.81. The molecule has 0 radical (unpaired) electrons. The first-order chi connectivity index (χ1) is 9.63. The average Bonchev–Trinajstić information content (AvgIpc) is 2.97. The number of nitrogens with one attached hydrogen (secondary N) is 1. The highest BCUT2D eigenvalue weighted by Crippen LogP contribution is 2.27. The molecule has 0 saturated heterocycles. The van der Waals surface area contributed by atoms with E-state index >= 15 is 0 Å². The molecular weight excluding hydrogens is 272 g/mol. The van der Waals surface area contributed by atoms with Crippen LogP contribution >= 0.6 is 11.6 Å². The zero-order valence-electron chi connectivity index (χ0n) is 12.1. The first kappa shape index (κ1) is 15.1. The van der Waals surface area contributed by atoms with Gasteiger partial charge in [-0.2, -0.15) is 0 Å². The molecule has 20 heavy (non-hydrogen) atoms. The summed E-state index contributed by atoms with van der Waals surface area (Å²) in [4.78, 5) is 6.77. The van der Waals surface area contributed by atoms with E-state index in [1.165, 1.54) is 12.8 Å². The van der Waals surface area contributed by atoms with Crippen molar-refractivity contribution in [2.45, 2.75) is 44.7 Å². The fourth-order valence-corrected chi connectivity index (χ4v) is 2.94. The van der Waals surface area contributed by atoms with Crippen molar-refractivity contribution in [2.24, 2.45) is 10.8 Å². The average molecular weight is 295 g/mol. The summed E-state index contributed by atoms with van der Waals surface area (Å²) in [5.74, 6) is 6.38. The third-order valence-corrected chi connectivity index (χ3v) is 4.37. The molecular formula is C15H23ClN4. The van der Waals surface area contributed by atoms with Gasteiger partial charge in [0.1, 0.15) is 0 Å². The van der Waals surface area contributed by atoms with E-state index in [0.29, 0.717) is 6.04 Å². The van der Waals surface area contributed by atoms with Gasteiger partial charge in [-0.1, -0.05) is 42.6 Å². The van der Waals surface area contributed by atoms with Gasteiger partial charge in [0.25, 0.3) is 0 Å². The lowest BCUT2D eigenvalue weighted by molar-refractivity contribution is 0.384. The van der Waals surface area contributed by atoms with Gasteiger partial charge < -0.3 is 4.90 Å². The van der Waals surface area contributed by atoms with Crippen molar-refractivity contribution in [3.8, 4) is 0 Å². The maximum absolute atomic E-state index is 6.26. The van der Waals surface area contributed by atoms with E-state index in [1.807, 2.05) is 36.2 Å². The normalized spacial score (nSPS) is 18.1. The third-order valence-electron chi connectivity index (χ3n) is 4.03. The van der Waals surface area contributed by atoms with Crippen LogP contribution in [0.1, 0.15) is 44.2 Å². The van der Waals surface area contributed by atoms with Crippen molar-refractivity contribution < 1.29 is 0 Å². The van der Waals surface area contributed by atoms with Crippen molar-refractivity contribution in [3.05, 3.63) is 34.9 Å². The molecule has 110 valence electrons. The SMILES string of the molecule is CC(c1ccccc1Cl)N(C)C(=NC1CCCC1)NN. The Bertz CT molecular complexity index is 469. The number of nitrogens with two attached hydrogens (primary N) is 1. The molecule has 0 aliphatic heterocycles. The molecule has 2 rings (SSSR count). The molecule has 1 unspecified atom stereocenters. The Morgan fingerprint density at radius 2 is 2.05 bits per heavy atom. The van der Waals surface area contributed by atoms with Crippen LogP contribution in [0.15, 0.2) is 29.3 Å². The predicted octanol–water partition coefficient (Wildman–Crippen LogP) is 3.09. The monoisotopic (exact) mass is 294 g/mol. The second-order valence-electron chi connectivity index (χ2n) is 5.34. The van der Waals surface area contributed by atoms with Crippen LogP contribution in [0.4, 0.5) is 0 Å². The number of hydrazine groups is 1. The number of aliphatic imine (C=N–C) groups is 1. The van der Waals surface area contributed by atoms with Crippen molar-refractivity contribution in [2.75, 3.05) is 7.05 Å². The molecule has 4 nitrogen and oxygen atoms in total. The van der Waals surface area contributed by atoms with Crippen molar-refractivity contribution in [3.63, 3.8) is 0 Å². The topological polar surface area (TPSA) is 53.6 Å². The van der Waals surface area contributed by atoms with Crippen LogP contribution in [0.2, 0.25) is 5.02 Å². The minimum absolute atomic E-state index is 0.111. The van der Waals surface area contributed by atoms with Crippen LogP contribution < -0.4 is 11.3 Å². The molecule has 3 N–H and O–H groups in total. The van der Waals surface area contributed by atoms with E-state index in [9.17, 15) is 0 Å². The van der Waals surface area contributed by atoms with Gasteiger partial charge in [-0.25, -0.2) is 10.8 Å². The molecule has 5 heteroatoms. The lowest BCUT2D eigenvalue weighted by Gasteiger charge is -2.29. The number of benzene rings is 1. The van der Waals surface area contributed by atoms with Crippen LogP contribution in [0.3, 0.4) is 0 Å². The zero-order valence-corrected chi connectivity index (χ0v) is 12.9. The van der Waals surface area contributed by atoms with Gasteiger partial charge in [0.15, 0.2) is 0 Å². The van der Waals surface area contributed by atoms with Crippen molar-refractivity contribution >= 4 is 17.6 Å². The molecule has 1 aliphatic carbocycles. The van der Waals surface area contributed by atoms with Crippen LogP contribution in [0.25, 0.3) is 0 Å². The molecule has 0 bridgehead atoms. The summed E-state index contributed by atoms with van der Waals surface area (Å²) in [6.45, 7) is 2.10. The van der Waals surface area contributed by atoms with Gasteiger partial charge >= 0.3 is 0 Å². The lowest BCUT2D eigenvalue weighted by Crippen LogP contribution is -2.44. The van der Waals surface area contributed by atoms with E-state index < -0.39 is 0 Å². The van der Waals surface area contributed by atoms with Gasteiger partial charge in [-0.15, -0.1) is 0 Å². The van der Waals surface area contributed by atoms with Gasteiger partial charge in [0, 0.05) is 12.1 Å². The highest BCUT2D eigenvalue weighted by atomic mass is 35.5. The standard InChI is InChI=1S/C15H23ClN4/c1-11(13-9-5-6-10-14(13)16)20(2)15(19-17)18-12-7-3-4-8-12/h5-6,9-12H,3-4,7-8,17H2,1-2H3,(H,18,19). The third kappa shape index (κ3) is 3.44. The Balaban J connectivity index is 2.15. The summed E-state index contributed by atoms with van der Waals surface area (Å²) in [5, 5.41) is 0.768.